The van der Waals surface area contributed by atoms with Crippen LogP contribution in [-0.2, 0) is 14.3 Å². The van der Waals surface area contributed by atoms with E-state index >= 15 is 0 Å². The molecule has 0 aliphatic carbocycles. The molecule has 0 aromatic rings. The quantitative estimate of drug-likeness (QED) is 0.653. The third-order valence-electron chi connectivity index (χ3n) is 3.40. The van der Waals surface area contributed by atoms with Crippen molar-refractivity contribution in [1.82, 2.24) is 10.2 Å². The molecule has 0 spiro atoms. The van der Waals surface area contributed by atoms with Crippen molar-refractivity contribution in [2.24, 2.45) is 0 Å². The van der Waals surface area contributed by atoms with Crippen LogP contribution in [0.5, 0.6) is 0 Å². The van der Waals surface area contributed by atoms with Gasteiger partial charge in [0, 0.05) is 31.3 Å². The number of ether oxygens (including phenoxy) is 1. The number of carbonyl (C=O) groups excluding carboxylic acids is 2. The predicted octanol–water partition coefficient (Wildman–Crippen LogP) is -0.322. The second-order valence-corrected chi connectivity index (χ2v) is 4.23. The number of carbonyl (C=O) groups is 2. The summed E-state index contributed by atoms with van der Waals surface area (Å²) in [6.45, 7) is 4.67. The molecule has 5 heteroatoms. The van der Waals surface area contributed by atoms with E-state index in [1.54, 1.807) is 21.0 Å². The second-order valence-electron chi connectivity index (χ2n) is 4.23. The van der Waals surface area contributed by atoms with Crippen molar-refractivity contribution in [2.45, 2.75) is 26.0 Å². The Morgan fingerprint density at radius 1 is 1.19 bits per heavy atom. The molecule has 88 valence electrons. The molecule has 2 atom stereocenters. The molecule has 0 radical (unpaired) electrons. The number of imide groups is 1. The first kappa shape index (κ1) is 11.3. The Morgan fingerprint density at radius 3 is 2.25 bits per heavy atom. The largest absolute Gasteiger partial charge is 0.378 e. The highest BCUT2D eigenvalue weighted by molar-refractivity contribution is 6.19. The number of hydrogen-bond donors (Lipinski definition) is 1. The van der Waals surface area contributed by atoms with Crippen LogP contribution in [-0.4, -0.2) is 49.1 Å². The standard InChI is InChI=1S/C11H16N2O3/c1-6-7(2)11(15)13(10(6)14)8-4-12-5-9(8)16-3/h8-9,12H,4-5H2,1-3H3/t8?,9-/m0/s1. The molecular formula is C11H16N2O3. The smallest absolute Gasteiger partial charge is 0.257 e. The fraction of sp³-hybridized carbons (Fsp3) is 0.636. The fourth-order valence-corrected chi connectivity index (χ4v) is 2.21. The summed E-state index contributed by atoms with van der Waals surface area (Å²) in [6, 6.07) is -0.183. The van der Waals surface area contributed by atoms with Crippen molar-refractivity contribution in [1.29, 1.82) is 0 Å². The van der Waals surface area contributed by atoms with Gasteiger partial charge in [0.15, 0.2) is 0 Å². The first-order valence-electron chi connectivity index (χ1n) is 5.36. The molecule has 5 nitrogen and oxygen atoms in total. The molecule has 2 aliphatic rings. The zero-order chi connectivity index (χ0) is 11.9. The summed E-state index contributed by atoms with van der Waals surface area (Å²) in [4.78, 5) is 25.2. The summed E-state index contributed by atoms with van der Waals surface area (Å²) in [7, 11) is 1.60. The maximum atomic E-state index is 11.9. The minimum absolute atomic E-state index is 0.105. The molecule has 1 saturated heterocycles. The van der Waals surface area contributed by atoms with Gasteiger partial charge in [0.2, 0.25) is 0 Å². The highest BCUT2D eigenvalue weighted by Crippen LogP contribution is 2.25. The van der Waals surface area contributed by atoms with Crippen LogP contribution in [0.15, 0.2) is 11.1 Å². The lowest BCUT2D eigenvalue weighted by molar-refractivity contribution is -0.142. The van der Waals surface area contributed by atoms with E-state index in [4.69, 9.17) is 4.74 Å². The second kappa shape index (κ2) is 3.99. The van der Waals surface area contributed by atoms with E-state index in [0.717, 1.165) is 0 Å². The van der Waals surface area contributed by atoms with Gasteiger partial charge in [-0.3, -0.25) is 14.5 Å². The molecule has 1 fully saturated rings. The summed E-state index contributed by atoms with van der Waals surface area (Å²) >= 11 is 0. The van der Waals surface area contributed by atoms with Gasteiger partial charge in [-0.2, -0.15) is 0 Å². The Bertz CT molecular complexity index is 351. The highest BCUT2D eigenvalue weighted by atomic mass is 16.5. The van der Waals surface area contributed by atoms with Gasteiger partial charge in [0.1, 0.15) is 0 Å². The van der Waals surface area contributed by atoms with Crippen LogP contribution in [0, 0.1) is 0 Å². The lowest BCUT2D eigenvalue weighted by Gasteiger charge is -2.26. The fourth-order valence-electron chi connectivity index (χ4n) is 2.21. The zero-order valence-corrected chi connectivity index (χ0v) is 9.74. The number of amides is 2. The molecule has 2 amide bonds. The first-order valence-corrected chi connectivity index (χ1v) is 5.36. The van der Waals surface area contributed by atoms with Gasteiger partial charge in [-0.15, -0.1) is 0 Å². The summed E-state index contributed by atoms with van der Waals surface area (Å²) < 4.78 is 5.28. The summed E-state index contributed by atoms with van der Waals surface area (Å²) in [5, 5.41) is 3.13. The maximum absolute atomic E-state index is 11.9. The minimum Gasteiger partial charge on any atom is -0.378 e. The summed E-state index contributed by atoms with van der Waals surface area (Å²) in [5.74, 6) is -0.364. The van der Waals surface area contributed by atoms with E-state index in [1.807, 2.05) is 0 Å². The average Bonchev–Trinajstić information content (AvgIpc) is 2.80. The molecule has 1 N–H and O–H groups in total. The van der Waals surface area contributed by atoms with E-state index in [1.165, 1.54) is 4.90 Å². The lowest BCUT2D eigenvalue weighted by Crippen LogP contribution is -2.48. The molecule has 0 aromatic carbocycles. The highest BCUT2D eigenvalue weighted by Gasteiger charge is 2.43. The molecular weight excluding hydrogens is 208 g/mol. The third-order valence-corrected chi connectivity index (χ3v) is 3.40. The van der Waals surface area contributed by atoms with Gasteiger partial charge in [-0.1, -0.05) is 0 Å². The number of rotatable bonds is 2. The van der Waals surface area contributed by atoms with Crippen LogP contribution in [0.3, 0.4) is 0 Å². The Hall–Kier alpha value is -1.20. The molecule has 2 rings (SSSR count). The zero-order valence-electron chi connectivity index (χ0n) is 9.74. The number of hydrogen-bond acceptors (Lipinski definition) is 4. The molecule has 0 aromatic heterocycles. The SMILES string of the molecule is CO[C@H]1CNCC1N1C(=O)C(C)=C(C)C1=O. The monoisotopic (exact) mass is 224 g/mol. The van der Waals surface area contributed by atoms with Crippen molar-refractivity contribution < 1.29 is 14.3 Å². The van der Waals surface area contributed by atoms with Crippen LogP contribution < -0.4 is 5.32 Å². The number of methoxy groups -OCH3 is 1. The van der Waals surface area contributed by atoms with Crippen LogP contribution in [0.25, 0.3) is 0 Å². The predicted molar refractivity (Wildman–Crippen MR) is 57.7 cm³/mol. The van der Waals surface area contributed by atoms with Gasteiger partial charge in [0.05, 0.1) is 12.1 Å². The normalized spacial score (nSPS) is 30.8. The molecule has 0 bridgehead atoms. The maximum Gasteiger partial charge on any atom is 0.257 e. The Kier molecular flexibility index (Phi) is 2.82. The number of nitrogens with one attached hydrogen (secondary N) is 1. The van der Waals surface area contributed by atoms with E-state index in [-0.39, 0.29) is 24.0 Å². The van der Waals surface area contributed by atoms with Crippen LogP contribution in [0.1, 0.15) is 13.8 Å². The lowest BCUT2D eigenvalue weighted by atomic mass is 10.2. The van der Waals surface area contributed by atoms with Crippen molar-refractivity contribution in [2.75, 3.05) is 20.2 Å². The van der Waals surface area contributed by atoms with Gasteiger partial charge in [0.25, 0.3) is 11.8 Å². The van der Waals surface area contributed by atoms with Crippen molar-refractivity contribution >= 4 is 11.8 Å². The van der Waals surface area contributed by atoms with Gasteiger partial charge < -0.3 is 10.1 Å². The van der Waals surface area contributed by atoms with Gasteiger partial charge >= 0.3 is 0 Å². The van der Waals surface area contributed by atoms with Crippen LogP contribution in [0.2, 0.25) is 0 Å². The van der Waals surface area contributed by atoms with E-state index in [9.17, 15) is 9.59 Å². The van der Waals surface area contributed by atoms with Crippen molar-refractivity contribution in [3.63, 3.8) is 0 Å². The first-order chi connectivity index (χ1) is 7.57. The Labute approximate surface area is 94.4 Å². The molecule has 2 aliphatic heterocycles. The summed E-state index contributed by atoms with van der Waals surface area (Å²) in [6.07, 6.45) is -0.105. The van der Waals surface area contributed by atoms with Gasteiger partial charge in [-0.25, -0.2) is 0 Å². The minimum atomic E-state index is -0.183. The van der Waals surface area contributed by atoms with E-state index < -0.39 is 0 Å². The van der Waals surface area contributed by atoms with Crippen LogP contribution >= 0.6 is 0 Å². The Balaban J connectivity index is 2.24. The average molecular weight is 224 g/mol. The van der Waals surface area contributed by atoms with E-state index in [0.29, 0.717) is 24.2 Å². The van der Waals surface area contributed by atoms with Crippen LogP contribution in [0.4, 0.5) is 0 Å². The van der Waals surface area contributed by atoms with E-state index in [2.05, 4.69) is 5.32 Å². The molecule has 16 heavy (non-hydrogen) atoms. The van der Waals surface area contributed by atoms with Crippen molar-refractivity contribution in [3.05, 3.63) is 11.1 Å². The molecule has 1 unspecified atom stereocenters. The Morgan fingerprint density at radius 2 is 1.75 bits per heavy atom. The number of nitrogens with zero attached hydrogens (tertiary/aromatic N) is 1. The van der Waals surface area contributed by atoms with Gasteiger partial charge in [-0.05, 0) is 13.8 Å². The third kappa shape index (κ3) is 1.47. The molecule has 2 heterocycles. The summed E-state index contributed by atoms with van der Waals surface area (Å²) in [5.41, 5.74) is 1.10. The topological polar surface area (TPSA) is 58.6 Å². The molecule has 0 saturated carbocycles. The van der Waals surface area contributed by atoms with Crippen molar-refractivity contribution in [3.8, 4) is 0 Å².